The maximum atomic E-state index is 11.5. The highest BCUT2D eigenvalue weighted by molar-refractivity contribution is 5.71. The quantitative estimate of drug-likeness (QED) is 0.489. The van der Waals surface area contributed by atoms with E-state index in [1.807, 2.05) is 6.07 Å². The third-order valence-corrected chi connectivity index (χ3v) is 5.33. The minimum atomic E-state index is -0.480. The number of anilines is 1. The highest BCUT2D eigenvalue weighted by Crippen LogP contribution is 2.52. The molecule has 2 aromatic carbocycles. The Labute approximate surface area is 154 Å². The molecule has 3 atom stereocenters. The number of hydrogen-bond donors (Lipinski definition) is 1. The lowest BCUT2D eigenvalue weighted by molar-refractivity contribution is -0.385. The van der Waals surface area contributed by atoms with E-state index in [0.717, 1.165) is 12.0 Å². The predicted octanol–water partition coefficient (Wildman–Crippen LogP) is 4.34. The van der Waals surface area contributed by atoms with Crippen molar-refractivity contribution >= 4 is 17.1 Å². The van der Waals surface area contributed by atoms with Crippen molar-refractivity contribution in [2.75, 3.05) is 12.4 Å². The van der Waals surface area contributed by atoms with Crippen LogP contribution in [0.4, 0.5) is 17.1 Å². The number of para-hydroxylation sites is 1. The van der Waals surface area contributed by atoms with Crippen molar-refractivity contribution < 1.29 is 14.6 Å². The van der Waals surface area contributed by atoms with Crippen LogP contribution in [-0.2, 0) is 0 Å². The van der Waals surface area contributed by atoms with Crippen molar-refractivity contribution in [1.82, 2.24) is 0 Å². The fraction of sp³-hybridized carbons (Fsp3) is 0.263. The van der Waals surface area contributed by atoms with Crippen LogP contribution < -0.4 is 10.1 Å². The number of nitrogens with zero attached hydrogens (tertiary/aromatic N) is 2. The number of allylic oxidation sites excluding steroid dienone is 2. The Morgan fingerprint density at radius 3 is 2.59 bits per heavy atom. The fourth-order valence-electron chi connectivity index (χ4n) is 4.13. The topological polar surface area (TPSA) is 108 Å². The van der Waals surface area contributed by atoms with E-state index >= 15 is 0 Å². The Hall–Kier alpha value is -3.42. The molecule has 0 spiro atoms. The van der Waals surface area contributed by atoms with Crippen LogP contribution in [0.2, 0.25) is 0 Å². The van der Waals surface area contributed by atoms with E-state index in [2.05, 4.69) is 17.5 Å². The van der Waals surface area contributed by atoms with E-state index in [9.17, 15) is 20.2 Å². The van der Waals surface area contributed by atoms with Gasteiger partial charge in [-0.2, -0.15) is 0 Å². The molecule has 0 fully saturated rings. The largest absolute Gasteiger partial charge is 0.490 e. The third kappa shape index (κ3) is 2.69. The molecule has 0 amide bonds. The van der Waals surface area contributed by atoms with E-state index in [1.165, 1.54) is 19.2 Å². The molecule has 2 aliphatic rings. The Morgan fingerprint density at radius 1 is 1.11 bits per heavy atom. The number of nitro groups is 2. The zero-order valence-corrected chi connectivity index (χ0v) is 14.5. The lowest BCUT2D eigenvalue weighted by Gasteiger charge is -2.37. The zero-order valence-electron chi connectivity index (χ0n) is 14.5. The van der Waals surface area contributed by atoms with Gasteiger partial charge in [0.1, 0.15) is 5.69 Å². The lowest BCUT2D eigenvalue weighted by atomic mass is 9.76. The third-order valence-electron chi connectivity index (χ3n) is 5.33. The second kappa shape index (κ2) is 6.39. The molecule has 1 aliphatic heterocycles. The Bertz CT molecular complexity index is 972. The summed E-state index contributed by atoms with van der Waals surface area (Å²) in [5.74, 6) is 0.354. The van der Waals surface area contributed by atoms with Crippen molar-refractivity contribution in [3.63, 3.8) is 0 Å². The number of benzene rings is 2. The van der Waals surface area contributed by atoms with Crippen LogP contribution in [-0.4, -0.2) is 17.0 Å². The van der Waals surface area contributed by atoms with Crippen LogP contribution in [0.15, 0.2) is 48.6 Å². The highest BCUT2D eigenvalue weighted by Gasteiger charge is 2.40. The standard InChI is InChI=1S/C19H17N3O5/c1-27-17-9-8-11(10-16(17)22(25)26)18-13-5-2-4-12(13)14-6-3-7-15(21(23)24)19(14)20-18/h2-4,6-10,12-13,18,20H,5H2,1H3. The van der Waals surface area contributed by atoms with Gasteiger partial charge in [0.25, 0.3) is 5.69 Å². The Kier molecular flexibility index (Phi) is 4.02. The van der Waals surface area contributed by atoms with E-state index in [4.69, 9.17) is 4.74 Å². The summed E-state index contributed by atoms with van der Waals surface area (Å²) in [5, 5.41) is 26.2. The van der Waals surface area contributed by atoms with Gasteiger partial charge in [-0.05, 0) is 29.5 Å². The molecule has 0 aromatic heterocycles. The van der Waals surface area contributed by atoms with Crippen LogP contribution in [0.5, 0.6) is 5.75 Å². The number of ether oxygens (including phenoxy) is 1. The summed E-state index contributed by atoms with van der Waals surface area (Å²) >= 11 is 0. The molecule has 2 aromatic rings. The van der Waals surface area contributed by atoms with E-state index in [0.29, 0.717) is 11.3 Å². The second-order valence-electron chi connectivity index (χ2n) is 6.66. The average Bonchev–Trinajstić information content (AvgIpc) is 3.16. The SMILES string of the molecule is COc1ccc(C2Nc3c(cccc3[N+](=O)[O-])C3C=CCC32)cc1[N+](=O)[O-]. The molecule has 8 nitrogen and oxygen atoms in total. The zero-order chi connectivity index (χ0) is 19.1. The highest BCUT2D eigenvalue weighted by atomic mass is 16.6. The Morgan fingerprint density at radius 2 is 1.89 bits per heavy atom. The number of fused-ring (bicyclic) bond motifs is 3. The van der Waals surface area contributed by atoms with Crippen LogP contribution in [0.3, 0.4) is 0 Å². The monoisotopic (exact) mass is 367 g/mol. The van der Waals surface area contributed by atoms with E-state index in [-0.39, 0.29) is 35.0 Å². The van der Waals surface area contributed by atoms with Crippen molar-refractivity contribution in [1.29, 1.82) is 0 Å². The lowest BCUT2D eigenvalue weighted by Crippen LogP contribution is -2.29. The van der Waals surface area contributed by atoms with Gasteiger partial charge in [-0.15, -0.1) is 0 Å². The summed E-state index contributed by atoms with van der Waals surface area (Å²) in [6.07, 6.45) is 4.93. The number of rotatable bonds is 4. The van der Waals surface area contributed by atoms with Gasteiger partial charge < -0.3 is 10.1 Å². The number of nitro benzene ring substituents is 2. The van der Waals surface area contributed by atoms with Crippen molar-refractivity contribution in [3.8, 4) is 5.75 Å². The average molecular weight is 367 g/mol. The van der Waals surface area contributed by atoms with E-state index in [1.54, 1.807) is 18.2 Å². The molecule has 1 aliphatic carbocycles. The first-order valence-electron chi connectivity index (χ1n) is 8.54. The molecule has 1 heterocycles. The van der Waals surface area contributed by atoms with Gasteiger partial charge in [0.05, 0.1) is 23.0 Å². The predicted molar refractivity (Wildman–Crippen MR) is 99.1 cm³/mol. The molecule has 0 bridgehead atoms. The fourth-order valence-corrected chi connectivity index (χ4v) is 4.13. The van der Waals surface area contributed by atoms with Gasteiger partial charge in [0.15, 0.2) is 5.75 Å². The minimum absolute atomic E-state index is 0.0132. The molecule has 3 unspecified atom stereocenters. The van der Waals surface area contributed by atoms with Gasteiger partial charge in [-0.3, -0.25) is 20.2 Å². The normalized spacial score (nSPS) is 22.5. The number of hydrogen-bond acceptors (Lipinski definition) is 6. The van der Waals surface area contributed by atoms with Crippen molar-refractivity contribution in [2.45, 2.75) is 18.4 Å². The van der Waals surface area contributed by atoms with Gasteiger partial charge >= 0.3 is 5.69 Å². The van der Waals surface area contributed by atoms with Gasteiger partial charge in [0, 0.05) is 18.1 Å². The molecular formula is C19H17N3O5. The summed E-state index contributed by atoms with van der Waals surface area (Å²) in [4.78, 5) is 22.0. The van der Waals surface area contributed by atoms with Gasteiger partial charge in [-0.1, -0.05) is 30.4 Å². The number of nitrogens with one attached hydrogen (secondary N) is 1. The summed E-state index contributed by atoms with van der Waals surface area (Å²) in [6.45, 7) is 0. The van der Waals surface area contributed by atoms with Crippen LogP contribution in [0.1, 0.15) is 29.5 Å². The van der Waals surface area contributed by atoms with Gasteiger partial charge in [0.2, 0.25) is 0 Å². The molecule has 0 radical (unpaired) electrons. The molecule has 1 N–H and O–H groups in total. The van der Waals surface area contributed by atoms with Crippen molar-refractivity contribution in [2.24, 2.45) is 5.92 Å². The molecule has 8 heteroatoms. The Balaban J connectivity index is 1.83. The summed E-state index contributed by atoms with van der Waals surface area (Å²) < 4.78 is 5.08. The van der Waals surface area contributed by atoms with Crippen LogP contribution >= 0.6 is 0 Å². The maximum Gasteiger partial charge on any atom is 0.311 e. The molecule has 0 saturated carbocycles. The second-order valence-corrected chi connectivity index (χ2v) is 6.66. The van der Waals surface area contributed by atoms with Crippen LogP contribution in [0, 0.1) is 26.1 Å². The molecule has 138 valence electrons. The summed E-state index contributed by atoms with van der Waals surface area (Å²) in [6, 6.07) is 9.63. The van der Waals surface area contributed by atoms with Crippen LogP contribution in [0.25, 0.3) is 0 Å². The molecule has 27 heavy (non-hydrogen) atoms. The first-order valence-corrected chi connectivity index (χ1v) is 8.54. The smallest absolute Gasteiger partial charge is 0.311 e. The van der Waals surface area contributed by atoms with E-state index < -0.39 is 9.85 Å². The molecule has 4 rings (SSSR count). The summed E-state index contributed by atoms with van der Waals surface area (Å²) in [5.41, 5.74) is 1.98. The molecule has 0 saturated heterocycles. The number of methoxy groups -OCH3 is 1. The first-order chi connectivity index (χ1) is 13.0. The van der Waals surface area contributed by atoms with Gasteiger partial charge in [-0.25, -0.2) is 0 Å². The minimum Gasteiger partial charge on any atom is -0.490 e. The molecular weight excluding hydrogens is 350 g/mol. The maximum absolute atomic E-state index is 11.5. The summed E-state index contributed by atoms with van der Waals surface area (Å²) in [7, 11) is 1.39. The van der Waals surface area contributed by atoms with Crippen molar-refractivity contribution in [3.05, 3.63) is 79.9 Å². The first kappa shape index (κ1) is 17.0.